The normalized spacial score (nSPS) is 12.2. The monoisotopic (exact) mass is 280 g/mol. The molecule has 0 saturated carbocycles. The second-order valence-electron chi connectivity index (χ2n) is 4.73. The van der Waals surface area contributed by atoms with Gasteiger partial charge in [-0.3, -0.25) is 9.59 Å². The first-order valence-corrected chi connectivity index (χ1v) is 7.17. The third-order valence-corrected chi connectivity index (χ3v) is 3.79. The summed E-state index contributed by atoms with van der Waals surface area (Å²) in [5.74, 6) is 0.174. The minimum Gasteiger partial charge on any atom is -0.398 e. The van der Waals surface area contributed by atoms with Gasteiger partial charge in [0, 0.05) is 10.6 Å². The van der Waals surface area contributed by atoms with Gasteiger partial charge in [-0.15, -0.1) is 11.8 Å². The van der Waals surface area contributed by atoms with Crippen LogP contribution in [0.1, 0.15) is 20.8 Å². The van der Waals surface area contributed by atoms with Crippen molar-refractivity contribution in [1.82, 2.24) is 5.32 Å². The molecule has 0 fully saturated rings. The Kier molecular flexibility index (Phi) is 5.89. The first-order valence-electron chi connectivity index (χ1n) is 6.19. The third-order valence-electron chi connectivity index (χ3n) is 2.70. The highest BCUT2D eigenvalue weighted by Gasteiger charge is 2.20. The summed E-state index contributed by atoms with van der Waals surface area (Å²) in [4.78, 5) is 24.1. The molecule has 4 nitrogen and oxygen atoms in total. The van der Waals surface area contributed by atoms with Crippen LogP contribution in [0.15, 0.2) is 29.2 Å². The highest BCUT2D eigenvalue weighted by Crippen LogP contribution is 2.23. The summed E-state index contributed by atoms with van der Waals surface area (Å²) in [5, 5.41) is 2.76. The van der Waals surface area contributed by atoms with E-state index in [1.54, 1.807) is 6.07 Å². The number of hydrogen-bond donors (Lipinski definition) is 2. The lowest BCUT2D eigenvalue weighted by molar-refractivity contribution is -0.126. The Morgan fingerprint density at radius 1 is 1.32 bits per heavy atom. The summed E-state index contributed by atoms with van der Waals surface area (Å²) in [7, 11) is 0. The molecule has 19 heavy (non-hydrogen) atoms. The predicted molar refractivity (Wildman–Crippen MR) is 79.0 cm³/mol. The van der Waals surface area contributed by atoms with Crippen molar-refractivity contribution in [2.24, 2.45) is 5.92 Å². The molecular formula is C14H20N2O2S. The first kappa shape index (κ1) is 15.6. The fraction of sp³-hybridized carbons (Fsp3) is 0.429. The number of rotatable bonds is 6. The van der Waals surface area contributed by atoms with Gasteiger partial charge in [0.15, 0.2) is 5.78 Å². The molecule has 1 atom stereocenters. The number of benzene rings is 1. The van der Waals surface area contributed by atoms with Crippen molar-refractivity contribution in [2.75, 3.05) is 11.5 Å². The number of carbonyl (C=O) groups is 2. The zero-order chi connectivity index (χ0) is 14.4. The number of Topliss-reactive ketones (excluding diaryl/α,β-unsaturated/α-hetero) is 1. The zero-order valence-corrected chi connectivity index (χ0v) is 12.3. The van der Waals surface area contributed by atoms with Crippen molar-refractivity contribution < 1.29 is 9.59 Å². The smallest absolute Gasteiger partial charge is 0.230 e. The number of anilines is 1. The van der Waals surface area contributed by atoms with Crippen molar-refractivity contribution in [2.45, 2.75) is 31.7 Å². The number of ketones is 1. The number of amides is 1. The molecule has 0 aliphatic carbocycles. The van der Waals surface area contributed by atoms with Crippen LogP contribution >= 0.6 is 11.8 Å². The molecule has 0 heterocycles. The highest BCUT2D eigenvalue weighted by atomic mass is 32.2. The van der Waals surface area contributed by atoms with Gasteiger partial charge in [0.1, 0.15) is 0 Å². The summed E-state index contributed by atoms with van der Waals surface area (Å²) in [5.41, 5.74) is 6.46. The molecule has 0 saturated heterocycles. The summed E-state index contributed by atoms with van der Waals surface area (Å²) in [6.07, 6.45) is 0. The van der Waals surface area contributed by atoms with E-state index < -0.39 is 6.04 Å². The lowest BCUT2D eigenvalue weighted by Crippen LogP contribution is -2.44. The lowest BCUT2D eigenvalue weighted by Gasteiger charge is -2.19. The van der Waals surface area contributed by atoms with Gasteiger partial charge in [0.25, 0.3) is 0 Å². The van der Waals surface area contributed by atoms with Gasteiger partial charge in [-0.05, 0) is 25.0 Å². The van der Waals surface area contributed by atoms with Gasteiger partial charge >= 0.3 is 0 Å². The van der Waals surface area contributed by atoms with Crippen molar-refractivity contribution in [3.63, 3.8) is 0 Å². The maximum absolute atomic E-state index is 11.8. The van der Waals surface area contributed by atoms with Gasteiger partial charge in [0.2, 0.25) is 5.91 Å². The second kappa shape index (κ2) is 7.19. The Morgan fingerprint density at radius 2 is 1.95 bits per heavy atom. The lowest BCUT2D eigenvalue weighted by atomic mass is 10.0. The van der Waals surface area contributed by atoms with E-state index in [1.807, 2.05) is 32.0 Å². The fourth-order valence-corrected chi connectivity index (χ4v) is 2.49. The molecule has 5 heteroatoms. The van der Waals surface area contributed by atoms with Gasteiger partial charge in [-0.2, -0.15) is 0 Å². The van der Waals surface area contributed by atoms with Crippen LogP contribution in [0.3, 0.4) is 0 Å². The largest absolute Gasteiger partial charge is 0.398 e. The molecule has 1 aromatic rings. The van der Waals surface area contributed by atoms with Crippen molar-refractivity contribution in [3.8, 4) is 0 Å². The van der Waals surface area contributed by atoms with Gasteiger partial charge in [-0.25, -0.2) is 0 Å². The van der Waals surface area contributed by atoms with E-state index in [9.17, 15) is 9.59 Å². The van der Waals surface area contributed by atoms with E-state index in [1.165, 1.54) is 18.7 Å². The topological polar surface area (TPSA) is 72.2 Å². The van der Waals surface area contributed by atoms with Crippen LogP contribution in [-0.4, -0.2) is 23.5 Å². The maximum atomic E-state index is 11.8. The van der Waals surface area contributed by atoms with E-state index in [0.29, 0.717) is 5.69 Å². The van der Waals surface area contributed by atoms with E-state index in [-0.39, 0.29) is 23.4 Å². The summed E-state index contributed by atoms with van der Waals surface area (Å²) >= 11 is 1.37. The zero-order valence-electron chi connectivity index (χ0n) is 11.5. The summed E-state index contributed by atoms with van der Waals surface area (Å²) in [6, 6.07) is 6.99. The Bertz CT molecular complexity index is 461. The molecular weight excluding hydrogens is 260 g/mol. The molecule has 0 aromatic heterocycles. The molecule has 0 bridgehead atoms. The standard InChI is InChI=1S/C14H20N2O2S/c1-9(2)14(10(3)17)16-13(18)8-19-12-7-5-4-6-11(12)15/h4-7,9,14H,8,15H2,1-3H3,(H,16,18). The molecule has 0 spiro atoms. The number of thioether (sulfide) groups is 1. The van der Waals surface area contributed by atoms with Crippen molar-refractivity contribution >= 4 is 29.1 Å². The number of nitrogens with one attached hydrogen (secondary N) is 1. The van der Waals surface area contributed by atoms with Gasteiger partial charge < -0.3 is 11.1 Å². The average Bonchev–Trinajstić information content (AvgIpc) is 2.34. The number of hydrogen-bond acceptors (Lipinski definition) is 4. The number of para-hydroxylation sites is 1. The minimum absolute atomic E-state index is 0.0208. The number of nitrogens with two attached hydrogens (primary N) is 1. The van der Waals surface area contributed by atoms with Crippen LogP contribution in [0.25, 0.3) is 0 Å². The minimum atomic E-state index is -0.416. The molecule has 0 aliphatic heterocycles. The highest BCUT2D eigenvalue weighted by molar-refractivity contribution is 8.00. The molecule has 1 rings (SSSR count). The van der Waals surface area contributed by atoms with Crippen LogP contribution in [0.5, 0.6) is 0 Å². The molecule has 0 radical (unpaired) electrons. The average molecular weight is 280 g/mol. The molecule has 104 valence electrons. The van der Waals surface area contributed by atoms with Crippen LogP contribution in [-0.2, 0) is 9.59 Å². The van der Waals surface area contributed by atoms with E-state index in [2.05, 4.69) is 5.32 Å². The Morgan fingerprint density at radius 3 is 2.47 bits per heavy atom. The van der Waals surface area contributed by atoms with Crippen molar-refractivity contribution in [1.29, 1.82) is 0 Å². The number of carbonyl (C=O) groups excluding carboxylic acids is 2. The van der Waals surface area contributed by atoms with Crippen LogP contribution in [0.2, 0.25) is 0 Å². The first-order chi connectivity index (χ1) is 8.91. The third kappa shape index (κ3) is 4.95. The predicted octanol–water partition coefficient (Wildman–Crippen LogP) is 2.09. The number of nitrogen functional groups attached to an aromatic ring is 1. The van der Waals surface area contributed by atoms with Crippen molar-refractivity contribution in [3.05, 3.63) is 24.3 Å². The molecule has 0 aliphatic rings. The summed E-state index contributed by atoms with van der Waals surface area (Å²) in [6.45, 7) is 5.32. The van der Waals surface area contributed by atoms with E-state index in [4.69, 9.17) is 5.73 Å². The summed E-state index contributed by atoms with van der Waals surface area (Å²) < 4.78 is 0. The van der Waals surface area contributed by atoms with Crippen LogP contribution < -0.4 is 11.1 Å². The quantitative estimate of drug-likeness (QED) is 0.618. The van der Waals surface area contributed by atoms with E-state index >= 15 is 0 Å². The fourth-order valence-electron chi connectivity index (χ4n) is 1.71. The molecule has 1 aromatic carbocycles. The van der Waals surface area contributed by atoms with E-state index in [0.717, 1.165) is 4.90 Å². The van der Waals surface area contributed by atoms with Gasteiger partial charge in [-0.1, -0.05) is 26.0 Å². The van der Waals surface area contributed by atoms with Crippen LogP contribution in [0.4, 0.5) is 5.69 Å². The SMILES string of the molecule is CC(=O)C(NC(=O)CSc1ccccc1N)C(C)C. The Labute approximate surface area is 118 Å². The Balaban J connectivity index is 2.52. The Hall–Kier alpha value is -1.49. The second-order valence-corrected chi connectivity index (χ2v) is 5.74. The maximum Gasteiger partial charge on any atom is 0.230 e. The molecule has 1 amide bonds. The molecule has 1 unspecified atom stereocenters. The van der Waals surface area contributed by atoms with Gasteiger partial charge in [0.05, 0.1) is 11.8 Å². The van der Waals surface area contributed by atoms with Crippen LogP contribution in [0, 0.1) is 5.92 Å². The molecule has 3 N–H and O–H groups in total.